The molecule has 1 aromatic heterocycles. The number of para-hydroxylation sites is 1. The summed E-state index contributed by atoms with van der Waals surface area (Å²) in [6.45, 7) is 8.91. The minimum atomic E-state index is -0.602. The van der Waals surface area contributed by atoms with Crippen molar-refractivity contribution in [2.75, 3.05) is 6.61 Å². The van der Waals surface area contributed by atoms with Gasteiger partial charge in [0.25, 0.3) is 0 Å². The van der Waals surface area contributed by atoms with Crippen molar-refractivity contribution in [3.05, 3.63) is 36.9 Å². The summed E-state index contributed by atoms with van der Waals surface area (Å²) in [6, 6.07) is 8.00. The number of hydrogen-bond acceptors (Lipinski definition) is 3. The maximum atomic E-state index is 6.10. The van der Waals surface area contributed by atoms with E-state index in [1.165, 1.54) is 32.1 Å². The number of benzene rings is 1. The number of unbranched alkanes of at least 4 members (excludes halogenated alkanes) is 5. The van der Waals surface area contributed by atoms with Crippen LogP contribution in [-0.2, 0) is 10.5 Å². The van der Waals surface area contributed by atoms with Gasteiger partial charge in [-0.05, 0) is 31.6 Å². The van der Waals surface area contributed by atoms with E-state index in [1.807, 2.05) is 41.9 Å². The highest BCUT2D eigenvalue weighted by molar-refractivity contribution is 5.74. The quantitative estimate of drug-likeness (QED) is 0.430. The second-order valence-electron chi connectivity index (χ2n) is 5.99. The van der Waals surface area contributed by atoms with Crippen molar-refractivity contribution in [1.82, 2.24) is 15.0 Å². The molecular formula is C19H29N3O. The molecule has 1 aromatic carbocycles. The molecule has 0 N–H and O–H groups in total. The summed E-state index contributed by atoms with van der Waals surface area (Å²) in [4.78, 5) is 0. The van der Waals surface area contributed by atoms with E-state index in [0.29, 0.717) is 6.61 Å². The molecule has 1 unspecified atom stereocenters. The summed E-state index contributed by atoms with van der Waals surface area (Å²) in [7, 11) is 0. The molecule has 4 heteroatoms. The fourth-order valence-corrected chi connectivity index (χ4v) is 3.04. The van der Waals surface area contributed by atoms with Gasteiger partial charge in [0.05, 0.1) is 5.52 Å². The Bertz CT molecular complexity index is 607. The Labute approximate surface area is 139 Å². The van der Waals surface area contributed by atoms with Crippen LogP contribution in [0.5, 0.6) is 0 Å². The van der Waals surface area contributed by atoms with Gasteiger partial charge < -0.3 is 4.74 Å². The van der Waals surface area contributed by atoms with E-state index >= 15 is 0 Å². The lowest BCUT2D eigenvalue weighted by Gasteiger charge is -2.31. The predicted octanol–water partition coefficient (Wildman–Crippen LogP) is 5.06. The lowest BCUT2D eigenvalue weighted by Crippen LogP contribution is -2.35. The largest absolute Gasteiger partial charge is 0.350 e. The number of aromatic nitrogens is 3. The lowest BCUT2D eigenvalue weighted by atomic mass is 10.0. The van der Waals surface area contributed by atoms with Crippen LogP contribution >= 0.6 is 0 Å². The van der Waals surface area contributed by atoms with E-state index in [2.05, 4.69) is 23.8 Å². The normalized spacial score (nSPS) is 14.0. The summed E-state index contributed by atoms with van der Waals surface area (Å²) < 4.78 is 8.00. The van der Waals surface area contributed by atoms with Gasteiger partial charge in [-0.15, -0.1) is 5.10 Å². The first kappa shape index (κ1) is 17.7. The molecule has 4 nitrogen and oxygen atoms in total. The molecule has 0 aliphatic rings. The van der Waals surface area contributed by atoms with E-state index in [1.54, 1.807) is 0 Å². The second-order valence-corrected chi connectivity index (χ2v) is 5.99. The Balaban J connectivity index is 2.13. The molecule has 0 saturated carbocycles. The van der Waals surface area contributed by atoms with Gasteiger partial charge in [0.15, 0.2) is 5.72 Å². The molecule has 1 atom stereocenters. The van der Waals surface area contributed by atoms with Crippen molar-refractivity contribution in [1.29, 1.82) is 0 Å². The molecule has 0 spiro atoms. The first-order valence-corrected chi connectivity index (χ1v) is 8.86. The van der Waals surface area contributed by atoms with Gasteiger partial charge in [-0.25, -0.2) is 4.68 Å². The maximum Gasteiger partial charge on any atom is 0.181 e. The van der Waals surface area contributed by atoms with Gasteiger partial charge in [-0.1, -0.05) is 63.0 Å². The third-order valence-electron chi connectivity index (χ3n) is 4.31. The average molecular weight is 315 g/mol. The van der Waals surface area contributed by atoms with Crippen molar-refractivity contribution < 1.29 is 4.74 Å². The molecule has 0 saturated heterocycles. The average Bonchev–Trinajstić information content (AvgIpc) is 3.01. The molecule has 0 radical (unpaired) electrons. The van der Waals surface area contributed by atoms with Gasteiger partial charge >= 0.3 is 0 Å². The predicted molar refractivity (Wildman–Crippen MR) is 95.3 cm³/mol. The van der Waals surface area contributed by atoms with Crippen molar-refractivity contribution in [2.45, 2.75) is 64.5 Å². The van der Waals surface area contributed by atoms with E-state index in [-0.39, 0.29) is 0 Å². The Morgan fingerprint density at radius 3 is 2.61 bits per heavy atom. The molecule has 2 rings (SSSR count). The number of fused-ring (bicyclic) bond motifs is 1. The van der Waals surface area contributed by atoms with E-state index < -0.39 is 5.72 Å². The summed E-state index contributed by atoms with van der Waals surface area (Å²) in [6.07, 6.45) is 10.3. The summed E-state index contributed by atoms with van der Waals surface area (Å²) in [5.74, 6) is 0. The number of rotatable bonds is 11. The molecule has 0 amide bonds. The van der Waals surface area contributed by atoms with Crippen LogP contribution in [0.2, 0.25) is 0 Å². The zero-order valence-corrected chi connectivity index (χ0v) is 14.5. The molecule has 1 heterocycles. The summed E-state index contributed by atoms with van der Waals surface area (Å²) in [5.41, 5.74) is 1.28. The molecule has 126 valence electrons. The topological polar surface area (TPSA) is 39.9 Å². The molecule has 0 aliphatic carbocycles. The zero-order chi connectivity index (χ0) is 16.5. The fourth-order valence-electron chi connectivity index (χ4n) is 3.04. The molecule has 0 fully saturated rings. The van der Waals surface area contributed by atoms with Crippen LogP contribution in [0.15, 0.2) is 36.9 Å². The minimum Gasteiger partial charge on any atom is -0.350 e. The number of ether oxygens (including phenoxy) is 1. The van der Waals surface area contributed by atoms with E-state index in [4.69, 9.17) is 4.74 Å². The first-order chi connectivity index (χ1) is 11.3. The third kappa shape index (κ3) is 4.20. The minimum absolute atomic E-state index is 0.602. The van der Waals surface area contributed by atoms with Crippen LogP contribution in [0.25, 0.3) is 11.0 Å². The van der Waals surface area contributed by atoms with E-state index in [0.717, 1.165) is 23.9 Å². The third-order valence-corrected chi connectivity index (χ3v) is 4.31. The van der Waals surface area contributed by atoms with Gasteiger partial charge in [0, 0.05) is 13.0 Å². The van der Waals surface area contributed by atoms with Crippen LogP contribution < -0.4 is 0 Å². The Kier molecular flexibility index (Phi) is 6.78. The molecule has 2 aromatic rings. The van der Waals surface area contributed by atoms with Crippen molar-refractivity contribution in [3.63, 3.8) is 0 Å². The van der Waals surface area contributed by atoms with E-state index in [9.17, 15) is 0 Å². The number of nitrogens with zero attached hydrogens (tertiary/aromatic N) is 3. The highest BCUT2D eigenvalue weighted by Gasteiger charge is 2.31. The van der Waals surface area contributed by atoms with Crippen molar-refractivity contribution in [3.8, 4) is 0 Å². The first-order valence-electron chi connectivity index (χ1n) is 8.86. The Morgan fingerprint density at radius 1 is 1.13 bits per heavy atom. The standard InChI is InChI=1S/C19H29N3O/c1-4-7-8-9-10-13-16-19(5-2,23-6-3)22-18-15-12-11-14-17(18)20-21-22/h5,11-12,14-15H,2,4,6-10,13,16H2,1,3H3. The Hall–Kier alpha value is -1.68. The van der Waals surface area contributed by atoms with Gasteiger partial charge in [0.1, 0.15) is 5.52 Å². The maximum absolute atomic E-state index is 6.10. The fraction of sp³-hybridized carbons (Fsp3) is 0.579. The van der Waals surface area contributed by atoms with Gasteiger partial charge in [0.2, 0.25) is 0 Å². The summed E-state index contributed by atoms with van der Waals surface area (Å²) in [5, 5.41) is 8.62. The van der Waals surface area contributed by atoms with Crippen LogP contribution in [0.4, 0.5) is 0 Å². The Morgan fingerprint density at radius 2 is 1.87 bits per heavy atom. The zero-order valence-electron chi connectivity index (χ0n) is 14.5. The van der Waals surface area contributed by atoms with Crippen LogP contribution in [-0.4, -0.2) is 21.6 Å². The van der Waals surface area contributed by atoms with Crippen molar-refractivity contribution >= 4 is 11.0 Å². The monoisotopic (exact) mass is 315 g/mol. The molecule has 0 bridgehead atoms. The second kappa shape index (κ2) is 8.82. The van der Waals surface area contributed by atoms with Gasteiger partial charge in [-0.2, -0.15) is 0 Å². The molecule has 23 heavy (non-hydrogen) atoms. The lowest BCUT2D eigenvalue weighted by molar-refractivity contribution is -0.0760. The molecule has 0 aliphatic heterocycles. The summed E-state index contributed by atoms with van der Waals surface area (Å²) >= 11 is 0. The highest BCUT2D eigenvalue weighted by atomic mass is 16.5. The van der Waals surface area contributed by atoms with Gasteiger partial charge in [-0.3, -0.25) is 0 Å². The van der Waals surface area contributed by atoms with Crippen LogP contribution in [0.1, 0.15) is 58.8 Å². The SMILES string of the molecule is C=CC(CCCCCCCC)(OCC)n1nnc2ccccc21. The molecular weight excluding hydrogens is 286 g/mol. The smallest absolute Gasteiger partial charge is 0.181 e. The van der Waals surface area contributed by atoms with Crippen LogP contribution in [0, 0.1) is 0 Å². The van der Waals surface area contributed by atoms with Crippen LogP contribution in [0.3, 0.4) is 0 Å². The highest BCUT2D eigenvalue weighted by Crippen LogP contribution is 2.30. The van der Waals surface area contributed by atoms with Crippen molar-refractivity contribution in [2.24, 2.45) is 0 Å². The number of hydrogen-bond donors (Lipinski definition) is 0.